The van der Waals surface area contributed by atoms with E-state index in [1.165, 1.54) is 35.0 Å². The Hall–Kier alpha value is -3.23. The van der Waals surface area contributed by atoms with E-state index in [4.69, 9.17) is 0 Å². The third-order valence-corrected chi connectivity index (χ3v) is 3.39. The molecule has 2 N–H and O–H groups in total. The van der Waals surface area contributed by atoms with Gasteiger partial charge in [0, 0.05) is 18.8 Å². The standard InChI is InChI=1S/C15H12F2N4O3/c1-21-10-7-8(4-5-9(10)19-15(21)23)13(22)20-12-11(24-14(16)17)3-2-6-18-12/h2-7,14H,1H3,(H,19,23)(H,18,20,22). The van der Waals surface area contributed by atoms with Gasteiger partial charge in [0.25, 0.3) is 5.91 Å². The van der Waals surface area contributed by atoms with Gasteiger partial charge in [-0.1, -0.05) is 0 Å². The summed E-state index contributed by atoms with van der Waals surface area (Å²) in [6.45, 7) is -3.03. The molecule has 0 bridgehead atoms. The molecule has 0 spiro atoms. The first-order valence-corrected chi connectivity index (χ1v) is 6.85. The van der Waals surface area contributed by atoms with Crippen LogP contribution in [0.4, 0.5) is 14.6 Å². The summed E-state index contributed by atoms with van der Waals surface area (Å²) in [5, 5.41) is 2.42. The fraction of sp³-hybridized carbons (Fsp3) is 0.133. The molecule has 1 amide bonds. The summed E-state index contributed by atoms with van der Waals surface area (Å²) in [6.07, 6.45) is 1.34. The first kappa shape index (κ1) is 15.7. The number of pyridine rings is 1. The zero-order valence-corrected chi connectivity index (χ0v) is 12.4. The molecule has 0 aliphatic heterocycles. The number of carbonyl (C=O) groups is 1. The van der Waals surface area contributed by atoms with Crippen LogP contribution in [0.1, 0.15) is 10.4 Å². The lowest BCUT2D eigenvalue weighted by atomic mass is 10.2. The molecule has 7 nitrogen and oxygen atoms in total. The van der Waals surface area contributed by atoms with Crippen LogP contribution in [-0.2, 0) is 7.05 Å². The molecule has 2 heterocycles. The van der Waals surface area contributed by atoms with Crippen LogP contribution < -0.4 is 15.7 Å². The van der Waals surface area contributed by atoms with Gasteiger partial charge in [0.1, 0.15) is 0 Å². The highest BCUT2D eigenvalue weighted by Crippen LogP contribution is 2.23. The van der Waals surface area contributed by atoms with Gasteiger partial charge in [-0.05, 0) is 30.3 Å². The molecule has 0 unspecified atom stereocenters. The number of anilines is 1. The van der Waals surface area contributed by atoms with Gasteiger partial charge in [0.05, 0.1) is 11.0 Å². The van der Waals surface area contributed by atoms with Crippen LogP contribution in [0, 0.1) is 0 Å². The largest absolute Gasteiger partial charge is 0.431 e. The van der Waals surface area contributed by atoms with Crippen molar-refractivity contribution in [2.45, 2.75) is 6.61 Å². The maximum atomic E-state index is 12.4. The van der Waals surface area contributed by atoms with Crippen LogP contribution >= 0.6 is 0 Å². The number of hydrogen-bond donors (Lipinski definition) is 2. The number of benzene rings is 1. The average Bonchev–Trinajstić information content (AvgIpc) is 2.83. The lowest BCUT2D eigenvalue weighted by Gasteiger charge is -2.10. The number of amides is 1. The van der Waals surface area contributed by atoms with Crippen molar-refractivity contribution in [3.63, 3.8) is 0 Å². The molecule has 1 aromatic carbocycles. The van der Waals surface area contributed by atoms with Crippen molar-refractivity contribution < 1.29 is 18.3 Å². The van der Waals surface area contributed by atoms with Crippen LogP contribution in [0.5, 0.6) is 5.75 Å². The molecule has 0 radical (unpaired) electrons. The smallest absolute Gasteiger partial charge is 0.387 e. The Kier molecular flexibility index (Phi) is 3.98. The second-order valence-corrected chi connectivity index (χ2v) is 4.90. The van der Waals surface area contributed by atoms with E-state index in [-0.39, 0.29) is 22.8 Å². The van der Waals surface area contributed by atoms with Crippen molar-refractivity contribution in [2.75, 3.05) is 5.32 Å². The zero-order chi connectivity index (χ0) is 17.3. The molecule has 2 aromatic heterocycles. The number of nitrogens with zero attached hydrogens (tertiary/aromatic N) is 2. The minimum Gasteiger partial charge on any atom is -0.431 e. The molecular weight excluding hydrogens is 322 g/mol. The summed E-state index contributed by atoms with van der Waals surface area (Å²) >= 11 is 0. The Labute approximate surface area is 133 Å². The third-order valence-electron chi connectivity index (χ3n) is 3.39. The Morgan fingerprint density at radius 3 is 2.92 bits per heavy atom. The fourth-order valence-electron chi connectivity index (χ4n) is 2.22. The highest BCUT2D eigenvalue weighted by Gasteiger charge is 2.15. The van der Waals surface area contributed by atoms with Gasteiger partial charge in [0.15, 0.2) is 11.6 Å². The second-order valence-electron chi connectivity index (χ2n) is 4.90. The summed E-state index contributed by atoms with van der Waals surface area (Å²) in [7, 11) is 1.57. The lowest BCUT2D eigenvalue weighted by molar-refractivity contribution is -0.0495. The number of nitrogens with one attached hydrogen (secondary N) is 2. The van der Waals surface area contributed by atoms with Gasteiger partial charge in [-0.15, -0.1) is 0 Å². The molecule has 0 fully saturated rings. The number of H-pyrrole nitrogens is 1. The zero-order valence-electron chi connectivity index (χ0n) is 12.4. The summed E-state index contributed by atoms with van der Waals surface area (Å²) in [6, 6.07) is 7.28. The molecule has 0 aliphatic rings. The van der Waals surface area contributed by atoms with E-state index >= 15 is 0 Å². The topological polar surface area (TPSA) is 89.0 Å². The molecule has 0 atom stereocenters. The molecule has 9 heteroatoms. The van der Waals surface area contributed by atoms with Crippen molar-refractivity contribution >= 4 is 22.8 Å². The van der Waals surface area contributed by atoms with Gasteiger partial charge < -0.3 is 15.0 Å². The fourth-order valence-corrected chi connectivity index (χ4v) is 2.22. The first-order chi connectivity index (χ1) is 11.5. The number of hydrogen-bond acceptors (Lipinski definition) is 4. The maximum Gasteiger partial charge on any atom is 0.387 e. The van der Waals surface area contributed by atoms with Crippen LogP contribution in [0.25, 0.3) is 11.0 Å². The van der Waals surface area contributed by atoms with E-state index in [9.17, 15) is 18.4 Å². The summed E-state index contributed by atoms with van der Waals surface area (Å²) in [5.74, 6) is -0.926. The van der Waals surface area contributed by atoms with Crippen LogP contribution in [0.2, 0.25) is 0 Å². The third kappa shape index (κ3) is 2.96. The number of aryl methyl sites for hydroxylation is 1. The number of carbonyl (C=O) groups excluding carboxylic acids is 1. The lowest BCUT2D eigenvalue weighted by Crippen LogP contribution is -2.15. The number of halogens is 2. The van der Waals surface area contributed by atoms with Gasteiger partial charge >= 0.3 is 12.3 Å². The van der Waals surface area contributed by atoms with Crippen molar-refractivity contribution in [3.8, 4) is 5.75 Å². The van der Waals surface area contributed by atoms with Crippen LogP contribution in [0.3, 0.4) is 0 Å². The first-order valence-electron chi connectivity index (χ1n) is 6.85. The number of ether oxygens (including phenoxy) is 1. The Bertz CT molecular complexity index is 965. The van der Waals surface area contributed by atoms with Gasteiger partial charge in [-0.3, -0.25) is 9.36 Å². The number of imidazole rings is 1. The van der Waals surface area contributed by atoms with Crippen molar-refractivity contribution in [1.82, 2.24) is 14.5 Å². The van der Waals surface area contributed by atoms with Crippen molar-refractivity contribution in [2.24, 2.45) is 7.05 Å². The average molecular weight is 334 g/mol. The summed E-state index contributed by atoms with van der Waals surface area (Å²) in [4.78, 5) is 30.4. The molecule has 3 rings (SSSR count). The Morgan fingerprint density at radius 1 is 1.38 bits per heavy atom. The van der Waals surface area contributed by atoms with E-state index in [2.05, 4.69) is 20.0 Å². The normalized spacial score (nSPS) is 11.0. The van der Waals surface area contributed by atoms with Gasteiger partial charge in [-0.25, -0.2) is 9.78 Å². The molecule has 0 saturated carbocycles. The number of alkyl halides is 2. The van der Waals surface area contributed by atoms with E-state index in [1.54, 1.807) is 13.1 Å². The molecule has 0 aliphatic carbocycles. The van der Waals surface area contributed by atoms with E-state index < -0.39 is 12.5 Å². The van der Waals surface area contributed by atoms with Gasteiger partial charge in [-0.2, -0.15) is 8.78 Å². The molecule has 3 aromatic rings. The van der Waals surface area contributed by atoms with Crippen LogP contribution in [-0.4, -0.2) is 27.1 Å². The van der Waals surface area contributed by atoms with E-state index in [0.29, 0.717) is 11.0 Å². The Balaban J connectivity index is 1.90. The van der Waals surface area contributed by atoms with Crippen molar-refractivity contribution in [3.05, 3.63) is 52.6 Å². The minimum absolute atomic E-state index is 0.120. The minimum atomic E-state index is -3.03. The second kappa shape index (κ2) is 6.11. The molecule has 124 valence electrons. The van der Waals surface area contributed by atoms with Crippen molar-refractivity contribution in [1.29, 1.82) is 0 Å². The van der Waals surface area contributed by atoms with Crippen LogP contribution in [0.15, 0.2) is 41.3 Å². The maximum absolute atomic E-state index is 12.4. The quantitative estimate of drug-likeness (QED) is 0.765. The highest BCUT2D eigenvalue weighted by molar-refractivity contribution is 6.06. The SMILES string of the molecule is Cn1c(=O)[nH]c2ccc(C(=O)Nc3ncccc3OC(F)F)cc21. The monoisotopic (exact) mass is 334 g/mol. The Morgan fingerprint density at radius 2 is 2.17 bits per heavy atom. The predicted molar refractivity (Wildman–Crippen MR) is 82.4 cm³/mol. The molecule has 24 heavy (non-hydrogen) atoms. The number of fused-ring (bicyclic) bond motifs is 1. The number of rotatable bonds is 4. The summed E-state index contributed by atoms with van der Waals surface area (Å²) < 4.78 is 30.4. The number of aromatic amines is 1. The van der Waals surface area contributed by atoms with E-state index in [0.717, 1.165) is 0 Å². The molecular formula is C15H12F2N4O3. The van der Waals surface area contributed by atoms with E-state index in [1.807, 2.05) is 0 Å². The predicted octanol–water partition coefficient (Wildman–Crippen LogP) is 2.12. The number of aromatic nitrogens is 3. The molecule has 0 saturated heterocycles. The highest BCUT2D eigenvalue weighted by atomic mass is 19.3. The van der Waals surface area contributed by atoms with Gasteiger partial charge in [0.2, 0.25) is 0 Å². The summed E-state index contributed by atoms with van der Waals surface area (Å²) in [5.41, 5.74) is 1.06.